The van der Waals surface area contributed by atoms with Crippen LogP contribution in [0, 0.1) is 5.82 Å². The van der Waals surface area contributed by atoms with Crippen LogP contribution in [0.1, 0.15) is 25.6 Å². The number of hydrogen-bond acceptors (Lipinski definition) is 3. The van der Waals surface area contributed by atoms with Crippen molar-refractivity contribution in [3.8, 4) is 0 Å². The van der Waals surface area contributed by atoms with E-state index in [0.29, 0.717) is 25.2 Å². The molecule has 0 spiro atoms. The normalized spacial score (nSPS) is 10.8. The van der Waals surface area contributed by atoms with Crippen molar-refractivity contribution < 1.29 is 14.0 Å². The molecular weight excluding hydrogens is 359 g/mol. The van der Waals surface area contributed by atoms with Gasteiger partial charge < -0.3 is 15.2 Å². The first-order valence-electron chi connectivity index (χ1n) is 9.33. The molecule has 2 N–H and O–H groups in total. The van der Waals surface area contributed by atoms with Crippen LogP contribution in [0.15, 0.2) is 48.5 Å². The molecule has 146 valence electrons. The van der Waals surface area contributed by atoms with Crippen molar-refractivity contribution in [1.29, 1.82) is 0 Å². The average molecular weight is 382 g/mol. The Bertz CT molecular complexity index is 983. The van der Waals surface area contributed by atoms with Crippen LogP contribution in [-0.4, -0.2) is 27.9 Å². The highest BCUT2D eigenvalue weighted by molar-refractivity contribution is 5.91. The molecule has 0 unspecified atom stereocenters. The maximum atomic E-state index is 13.8. The lowest BCUT2D eigenvalue weighted by Crippen LogP contribution is -2.27. The highest BCUT2D eigenvalue weighted by Crippen LogP contribution is 2.17. The number of rotatable bonds is 8. The maximum Gasteiger partial charge on any atom is 0.244 e. The number of nitrogens with one attached hydrogen (secondary N) is 2. The van der Waals surface area contributed by atoms with E-state index in [1.807, 2.05) is 31.2 Å². The summed E-state index contributed by atoms with van der Waals surface area (Å²) in [6, 6.07) is 13.6. The lowest BCUT2D eigenvalue weighted by atomic mass is 10.3. The Labute approximate surface area is 162 Å². The summed E-state index contributed by atoms with van der Waals surface area (Å²) in [7, 11) is 0. The number of imidazole rings is 1. The summed E-state index contributed by atoms with van der Waals surface area (Å²) in [4.78, 5) is 28.8. The molecule has 0 aliphatic carbocycles. The summed E-state index contributed by atoms with van der Waals surface area (Å²) in [5.74, 6) is -0.126. The van der Waals surface area contributed by atoms with Crippen LogP contribution in [0.25, 0.3) is 11.0 Å². The molecule has 1 aromatic heterocycles. The fourth-order valence-electron chi connectivity index (χ4n) is 3.02. The lowest BCUT2D eigenvalue weighted by Gasteiger charge is -2.11. The minimum Gasteiger partial charge on any atom is -0.356 e. The number of fused-ring (bicyclic) bond motifs is 1. The molecule has 0 saturated heterocycles. The van der Waals surface area contributed by atoms with Crippen molar-refractivity contribution in [3.63, 3.8) is 0 Å². The predicted octanol–water partition coefficient (Wildman–Crippen LogP) is 3.27. The molecule has 6 nitrogen and oxygen atoms in total. The first-order chi connectivity index (χ1) is 13.6. The van der Waals surface area contributed by atoms with Gasteiger partial charge in [-0.05, 0) is 30.7 Å². The fourth-order valence-corrected chi connectivity index (χ4v) is 3.02. The molecule has 1 heterocycles. The SMILES string of the molecule is CCCC(=O)NCCc1nc2ccccc2n1CC(=O)Nc1ccccc1F. The molecule has 0 saturated carbocycles. The van der Waals surface area contributed by atoms with Crippen molar-refractivity contribution in [3.05, 3.63) is 60.2 Å². The number of anilines is 1. The number of aromatic nitrogens is 2. The Hall–Kier alpha value is -3.22. The molecule has 0 aliphatic heterocycles. The molecule has 0 fully saturated rings. The van der Waals surface area contributed by atoms with Crippen molar-refractivity contribution in [2.75, 3.05) is 11.9 Å². The average Bonchev–Trinajstić information content (AvgIpc) is 3.01. The van der Waals surface area contributed by atoms with E-state index in [9.17, 15) is 14.0 Å². The van der Waals surface area contributed by atoms with Gasteiger partial charge in [0.1, 0.15) is 18.2 Å². The van der Waals surface area contributed by atoms with Crippen molar-refractivity contribution in [1.82, 2.24) is 14.9 Å². The molecule has 3 rings (SSSR count). The van der Waals surface area contributed by atoms with E-state index in [1.165, 1.54) is 12.1 Å². The van der Waals surface area contributed by atoms with Crippen LogP contribution in [0.4, 0.5) is 10.1 Å². The molecule has 2 amide bonds. The third kappa shape index (κ3) is 4.73. The highest BCUT2D eigenvalue weighted by atomic mass is 19.1. The number of nitrogens with zero attached hydrogens (tertiary/aromatic N) is 2. The Balaban J connectivity index is 1.76. The zero-order valence-electron chi connectivity index (χ0n) is 15.7. The number of hydrogen-bond donors (Lipinski definition) is 2. The van der Waals surface area contributed by atoms with Crippen LogP contribution < -0.4 is 10.6 Å². The Morgan fingerprint density at radius 2 is 1.82 bits per heavy atom. The summed E-state index contributed by atoms with van der Waals surface area (Å²) in [5.41, 5.74) is 1.74. The molecule has 0 atom stereocenters. The summed E-state index contributed by atoms with van der Waals surface area (Å²) >= 11 is 0. The first-order valence-corrected chi connectivity index (χ1v) is 9.33. The van der Waals surface area contributed by atoms with Crippen LogP contribution in [0.3, 0.4) is 0 Å². The summed E-state index contributed by atoms with van der Waals surface area (Å²) in [6.45, 7) is 2.40. The van der Waals surface area contributed by atoms with Crippen molar-refractivity contribution in [2.45, 2.75) is 32.7 Å². The van der Waals surface area contributed by atoms with E-state index in [2.05, 4.69) is 15.6 Å². The zero-order chi connectivity index (χ0) is 19.9. The molecule has 3 aromatic rings. The van der Waals surface area contributed by atoms with Crippen LogP contribution in [0.2, 0.25) is 0 Å². The van der Waals surface area contributed by atoms with Gasteiger partial charge in [0, 0.05) is 19.4 Å². The highest BCUT2D eigenvalue weighted by Gasteiger charge is 2.15. The smallest absolute Gasteiger partial charge is 0.244 e. The summed E-state index contributed by atoms with van der Waals surface area (Å²) < 4.78 is 15.6. The van der Waals surface area contributed by atoms with Gasteiger partial charge in [-0.3, -0.25) is 9.59 Å². The van der Waals surface area contributed by atoms with Gasteiger partial charge >= 0.3 is 0 Å². The minimum atomic E-state index is -0.481. The van der Waals surface area contributed by atoms with Gasteiger partial charge in [-0.1, -0.05) is 31.2 Å². The Kier molecular flexibility index (Phi) is 6.37. The van der Waals surface area contributed by atoms with Gasteiger partial charge in [-0.15, -0.1) is 0 Å². The molecule has 7 heteroatoms. The van der Waals surface area contributed by atoms with Crippen LogP contribution in [0.5, 0.6) is 0 Å². The van der Waals surface area contributed by atoms with Crippen molar-refractivity contribution in [2.24, 2.45) is 0 Å². The second-order valence-corrected chi connectivity index (χ2v) is 6.48. The number of carbonyl (C=O) groups is 2. The van der Waals surface area contributed by atoms with E-state index in [-0.39, 0.29) is 24.0 Å². The van der Waals surface area contributed by atoms with Gasteiger partial charge in [0.05, 0.1) is 16.7 Å². The predicted molar refractivity (Wildman–Crippen MR) is 106 cm³/mol. The quantitative estimate of drug-likeness (QED) is 0.628. The first kappa shape index (κ1) is 19.5. The van der Waals surface area contributed by atoms with E-state index >= 15 is 0 Å². The molecule has 2 aromatic carbocycles. The third-order valence-electron chi connectivity index (χ3n) is 4.33. The molecular formula is C21H23FN4O2. The number of benzene rings is 2. The Morgan fingerprint density at radius 1 is 1.07 bits per heavy atom. The second kappa shape index (κ2) is 9.12. The van der Waals surface area contributed by atoms with Crippen LogP contribution in [-0.2, 0) is 22.6 Å². The summed E-state index contributed by atoms with van der Waals surface area (Å²) in [6.07, 6.45) is 1.78. The lowest BCUT2D eigenvalue weighted by molar-refractivity contribution is -0.121. The van der Waals surface area contributed by atoms with Gasteiger partial charge in [0.15, 0.2) is 0 Å². The van der Waals surface area contributed by atoms with Gasteiger partial charge in [-0.2, -0.15) is 0 Å². The number of carbonyl (C=O) groups excluding carboxylic acids is 2. The van der Waals surface area contributed by atoms with Crippen molar-refractivity contribution >= 4 is 28.5 Å². The maximum absolute atomic E-state index is 13.8. The van der Waals surface area contributed by atoms with Gasteiger partial charge in [-0.25, -0.2) is 9.37 Å². The van der Waals surface area contributed by atoms with E-state index < -0.39 is 5.82 Å². The number of amides is 2. The zero-order valence-corrected chi connectivity index (χ0v) is 15.7. The van der Waals surface area contributed by atoms with E-state index in [0.717, 1.165) is 17.5 Å². The molecule has 0 aliphatic rings. The molecule has 0 bridgehead atoms. The minimum absolute atomic E-state index is 0.00227. The molecule has 0 radical (unpaired) electrons. The fraction of sp³-hybridized carbons (Fsp3) is 0.286. The summed E-state index contributed by atoms with van der Waals surface area (Å²) in [5, 5.41) is 5.46. The largest absolute Gasteiger partial charge is 0.356 e. The van der Waals surface area contributed by atoms with E-state index in [1.54, 1.807) is 16.7 Å². The third-order valence-corrected chi connectivity index (χ3v) is 4.33. The van der Waals surface area contributed by atoms with E-state index in [4.69, 9.17) is 0 Å². The second-order valence-electron chi connectivity index (χ2n) is 6.48. The monoisotopic (exact) mass is 382 g/mol. The van der Waals surface area contributed by atoms with Crippen LogP contribution >= 0.6 is 0 Å². The van der Waals surface area contributed by atoms with Gasteiger partial charge in [0.25, 0.3) is 0 Å². The standard InChI is InChI=1S/C21H23FN4O2/c1-2-7-20(27)23-13-12-19-24-17-10-5-6-11-18(17)26(19)14-21(28)25-16-9-4-3-8-15(16)22/h3-6,8-11H,2,7,12-14H2,1H3,(H,23,27)(H,25,28). The topological polar surface area (TPSA) is 76.0 Å². The Morgan fingerprint density at radius 3 is 2.61 bits per heavy atom. The number of halogens is 1. The molecule has 28 heavy (non-hydrogen) atoms. The van der Waals surface area contributed by atoms with Gasteiger partial charge in [0.2, 0.25) is 11.8 Å². The number of para-hydroxylation sites is 3.